The first-order chi connectivity index (χ1) is 10.3. The molecule has 0 N–H and O–H groups in total. The molecule has 1 aromatic carbocycles. The molecular formula is C16H13ClN2OS. The van der Waals surface area contributed by atoms with Crippen molar-refractivity contribution >= 4 is 22.9 Å². The van der Waals surface area contributed by atoms with Crippen LogP contribution in [0.5, 0.6) is 0 Å². The molecule has 2 heterocycles. The van der Waals surface area contributed by atoms with Crippen molar-refractivity contribution in [3.63, 3.8) is 0 Å². The highest BCUT2D eigenvalue weighted by Gasteiger charge is 2.08. The topological polar surface area (TPSA) is 35.0 Å². The summed E-state index contributed by atoms with van der Waals surface area (Å²) in [7, 11) is 0. The van der Waals surface area contributed by atoms with Crippen LogP contribution in [0.25, 0.3) is 11.3 Å². The van der Waals surface area contributed by atoms with Crippen molar-refractivity contribution in [2.24, 2.45) is 0 Å². The van der Waals surface area contributed by atoms with Crippen molar-refractivity contribution < 1.29 is 4.74 Å². The van der Waals surface area contributed by atoms with Crippen LogP contribution in [-0.2, 0) is 18.0 Å². The van der Waals surface area contributed by atoms with Gasteiger partial charge in [0.15, 0.2) is 0 Å². The Bertz CT molecular complexity index is 715. The van der Waals surface area contributed by atoms with E-state index in [9.17, 15) is 0 Å². The van der Waals surface area contributed by atoms with Crippen LogP contribution in [0.1, 0.15) is 10.6 Å². The van der Waals surface area contributed by atoms with Crippen LogP contribution in [0.3, 0.4) is 0 Å². The number of thiazole rings is 1. The second kappa shape index (κ2) is 6.80. The van der Waals surface area contributed by atoms with Crippen molar-refractivity contribution in [2.45, 2.75) is 13.2 Å². The summed E-state index contributed by atoms with van der Waals surface area (Å²) in [6.07, 6.45) is 3.34. The minimum absolute atomic E-state index is 0.502. The maximum atomic E-state index is 6.12. The quantitative estimate of drug-likeness (QED) is 0.691. The Morgan fingerprint density at radius 1 is 1.10 bits per heavy atom. The number of ether oxygens (including phenoxy) is 1. The van der Waals surface area contributed by atoms with E-state index in [4.69, 9.17) is 16.3 Å². The van der Waals surface area contributed by atoms with Gasteiger partial charge in [0, 0.05) is 23.3 Å². The largest absolute Gasteiger partial charge is 0.370 e. The lowest BCUT2D eigenvalue weighted by Crippen LogP contribution is -1.93. The van der Waals surface area contributed by atoms with Gasteiger partial charge in [0.1, 0.15) is 5.01 Å². The lowest BCUT2D eigenvalue weighted by molar-refractivity contribution is 0.107. The lowest BCUT2D eigenvalue weighted by atomic mass is 10.2. The summed E-state index contributed by atoms with van der Waals surface area (Å²) in [5, 5.41) is 3.54. The van der Waals surface area contributed by atoms with Crippen LogP contribution < -0.4 is 0 Å². The first kappa shape index (κ1) is 14.2. The Balaban J connectivity index is 1.62. The first-order valence-electron chi connectivity index (χ1n) is 6.49. The summed E-state index contributed by atoms with van der Waals surface area (Å²) in [5.41, 5.74) is 2.93. The molecular weight excluding hydrogens is 304 g/mol. The standard InChI is InChI=1S/C16H13ClN2OS/c17-14-8-18-7-6-13(14)15-11-21-16(19-15)10-20-9-12-4-2-1-3-5-12/h1-8,11H,9-10H2. The molecule has 0 bridgehead atoms. The van der Waals surface area contributed by atoms with E-state index in [0.717, 1.165) is 21.8 Å². The number of nitrogens with zero attached hydrogens (tertiary/aromatic N) is 2. The normalized spacial score (nSPS) is 10.7. The predicted molar refractivity (Wildman–Crippen MR) is 85.3 cm³/mol. The van der Waals surface area contributed by atoms with E-state index in [1.807, 2.05) is 41.8 Å². The van der Waals surface area contributed by atoms with Gasteiger partial charge in [0.2, 0.25) is 0 Å². The molecule has 2 aromatic heterocycles. The number of aromatic nitrogens is 2. The summed E-state index contributed by atoms with van der Waals surface area (Å²) in [4.78, 5) is 8.53. The van der Waals surface area contributed by atoms with Crippen molar-refractivity contribution in [1.29, 1.82) is 0 Å². The molecule has 0 unspecified atom stereocenters. The predicted octanol–water partition coefficient (Wildman–Crippen LogP) is 4.58. The van der Waals surface area contributed by atoms with Crippen LogP contribution in [0.2, 0.25) is 5.02 Å². The zero-order valence-electron chi connectivity index (χ0n) is 11.2. The Labute approximate surface area is 132 Å². The molecule has 21 heavy (non-hydrogen) atoms. The highest BCUT2D eigenvalue weighted by atomic mass is 35.5. The van der Waals surface area contributed by atoms with Gasteiger partial charge in [-0.3, -0.25) is 4.98 Å². The maximum absolute atomic E-state index is 6.12. The van der Waals surface area contributed by atoms with Crippen LogP contribution >= 0.6 is 22.9 Å². The summed E-state index contributed by atoms with van der Waals surface area (Å²) >= 11 is 7.70. The number of hydrogen-bond acceptors (Lipinski definition) is 4. The van der Waals surface area contributed by atoms with Gasteiger partial charge in [-0.2, -0.15) is 0 Å². The zero-order chi connectivity index (χ0) is 14.5. The van der Waals surface area contributed by atoms with Crippen LogP contribution in [-0.4, -0.2) is 9.97 Å². The van der Waals surface area contributed by atoms with Gasteiger partial charge in [0.25, 0.3) is 0 Å². The molecule has 106 valence electrons. The number of hydrogen-bond donors (Lipinski definition) is 0. The van der Waals surface area contributed by atoms with Crippen molar-refractivity contribution in [3.8, 4) is 11.3 Å². The molecule has 0 aliphatic heterocycles. The van der Waals surface area contributed by atoms with Crippen molar-refractivity contribution in [3.05, 3.63) is 69.8 Å². The lowest BCUT2D eigenvalue weighted by Gasteiger charge is -2.02. The summed E-state index contributed by atoms with van der Waals surface area (Å²) in [6, 6.07) is 12.0. The molecule has 0 amide bonds. The Hall–Kier alpha value is -1.75. The zero-order valence-corrected chi connectivity index (χ0v) is 12.8. The van der Waals surface area contributed by atoms with Gasteiger partial charge in [0.05, 0.1) is 23.9 Å². The minimum Gasteiger partial charge on any atom is -0.370 e. The first-order valence-corrected chi connectivity index (χ1v) is 7.74. The fourth-order valence-corrected chi connectivity index (χ4v) is 2.86. The second-order valence-electron chi connectivity index (χ2n) is 4.46. The molecule has 0 fully saturated rings. The van der Waals surface area contributed by atoms with Crippen LogP contribution in [0.15, 0.2) is 54.2 Å². The molecule has 0 saturated heterocycles. The minimum atomic E-state index is 0.502. The number of pyridine rings is 1. The van der Waals surface area contributed by atoms with Crippen molar-refractivity contribution in [2.75, 3.05) is 0 Å². The molecule has 0 aliphatic carbocycles. The second-order valence-corrected chi connectivity index (χ2v) is 5.81. The van der Waals surface area contributed by atoms with Gasteiger partial charge >= 0.3 is 0 Å². The van der Waals surface area contributed by atoms with E-state index in [0.29, 0.717) is 18.2 Å². The average molecular weight is 317 g/mol. The van der Waals surface area contributed by atoms with E-state index in [1.165, 1.54) is 0 Å². The Morgan fingerprint density at radius 2 is 1.95 bits per heavy atom. The molecule has 0 saturated carbocycles. The average Bonchev–Trinajstić information content (AvgIpc) is 2.97. The van der Waals surface area contributed by atoms with Crippen LogP contribution in [0.4, 0.5) is 0 Å². The fourth-order valence-electron chi connectivity index (χ4n) is 1.91. The monoisotopic (exact) mass is 316 g/mol. The molecule has 0 aliphatic rings. The van der Waals surface area contributed by atoms with Crippen molar-refractivity contribution in [1.82, 2.24) is 9.97 Å². The van der Waals surface area contributed by atoms with Gasteiger partial charge in [-0.15, -0.1) is 11.3 Å². The fraction of sp³-hybridized carbons (Fsp3) is 0.125. The van der Waals surface area contributed by atoms with Gasteiger partial charge in [-0.05, 0) is 11.6 Å². The number of benzene rings is 1. The van der Waals surface area contributed by atoms with E-state index >= 15 is 0 Å². The van der Waals surface area contributed by atoms with Crippen LogP contribution in [0, 0.1) is 0 Å². The van der Waals surface area contributed by atoms with Gasteiger partial charge in [-0.25, -0.2) is 4.98 Å². The number of rotatable bonds is 5. The highest BCUT2D eigenvalue weighted by molar-refractivity contribution is 7.09. The third kappa shape index (κ3) is 3.67. The smallest absolute Gasteiger partial charge is 0.119 e. The molecule has 0 spiro atoms. The third-order valence-electron chi connectivity index (χ3n) is 2.94. The molecule has 0 atom stereocenters. The number of halogens is 1. The van der Waals surface area contributed by atoms with E-state index in [-0.39, 0.29) is 0 Å². The molecule has 3 aromatic rings. The molecule has 3 rings (SSSR count). The summed E-state index contributed by atoms with van der Waals surface area (Å²) in [5.74, 6) is 0. The van der Waals surface area contributed by atoms with E-state index in [2.05, 4.69) is 9.97 Å². The Morgan fingerprint density at radius 3 is 2.76 bits per heavy atom. The highest BCUT2D eigenvalue weighted by Crippen LogP contribution is 2.28. The SMILES string of the molecule is Clc1cnccc1-c1csc(COCc2ccccc2)n1. The molecule has 0 radical (unpaired) electrons. The summed E-state index contributed by atoms with van der Waals surface area (Å²) in [6.45, 7) is 1.09. The third-order valence-corrected chi connectivity index (χ3v) is 4.06. The summed E-state index contributed by atoms with van der Waals surface area (Å²) < 4.78 is 5.69. The Kier molecular flexibility index (Phi) is 4.60. The van der Waals surface area contributed by atoms with E-state index < -0.39 is 0 Å². The molecule has 3 nitrogen and oxygen atoms in total. The molecule has 5 heteroatoms. The van der Waals surface area contributed by atoms with E-state index in [1.54, 1.807) is 23.7 Å². The van der Waals surface area contributed by atoms with Gasteiger partial charge in [-0.1, -0.05) is 41.9 Å². The van der Waals surface area contributed by atoms with Gasteiger partial charge < -0.3 is 4.74 Å². The maximum Gasteiger partial charge on any atom is 0.119 e.